The average Bonchev–Trinajstić information content (AvgIpc) is 2.36. The quantitative estimate of drug-likeness (QED) is 0.780. The molecule has 1 aromatic carbocycles. The van der Waals surface area contributed by atoms with Gasteiger partial charge in [0.15, 0.2) is 5.75 Å². The highest BCUT2D eigenvalue weighted by Crippen LogP contribution is 2.37. The second kappa shape index (κ2) is 6.81. The molecule has 0 aliphatic heterocycles. The van der Waals surface area contributed by atoms with Crippen LogP contribution < -0.4 is 10.1 Å². The van der Waals surface area contributed by atoms with Gasteiger partial charge in [0.2, 0.25) is 0 Å². The molecule has 2 rings (SSSR count). The largest absolute Gasteiger partial charge is 0.432 e. The van der Waals surface area contributed by atoms with Crippen molar-refractivity contribution in [1.29, 1.82) is 0 Å². The normalized spacial score (nSPS) is 22.9. The lowest BCUT2D eigenvalue weighted by atomic mass is 9.87. The number of benzene rings is 1. The van der Waals surface area contributed by atoms with Crippen LogP contribution in [-0.4, -0.2) is 12.7 Å². The molecule has 1 fully saturated rings. The number of alkyl halides is 2. The molecule has 112 valence electrons. The van der Waals surface area contributed by atoms with Crippen LogP contribution >= 0.6 is 23.2 Å². The van der Waals surface area contributed by atoms with Gasteiger partial charge in [-0.1, -0.05) is 30.1 Å². The van der Waals surface area contributed by atoms with E-state index < -0.39 is 6.61 Å². The Bertz CT molecular complexity index is 439. The van der Waals surface area contributed by atoms with Gasteiger partial charge in [0.25, 0.3) is 0 Å². The minimum atomic E-state index is -2.94. The molecule has 1 saturated carbocycles. The fourth-order valence-electron chi connectivity index (χ4n) is 2.49. The summed E-state index contributed by atoms with van der Waals surface area (Å²) in [6, 6.07) is 3.52. The Balaban J connectivity index is 2.06. The van der Waals surface area contributed by atoms with E-state index in [1.165, 1.54) is 12.8 Å². The van der Waals surface area contributed by atoms with Crippen molar-refractivity contribution in [1.82, 2.24) is 0 Å². The predicted octanol–water partition coefficient (Wildman–Crippen LogP) is 5.59. The van der Waals surface area contributed by atoms with Gasteiger partial charge in [-0.05, 0) is 43.7 Å². The fourth-order valence-corrected chi connectivity index (χ4v) is 3.06. The Kier molecular flexibility index (Phi) is 5.33. The molecule has 1 aliphatic carbocycles. The number of anilines is 1. The van der Waals surface area contributed by atoms with Gasteiger partial charge in [0.1, 0.15) is 0 Å². The van der Waals surface area contributed by atoms with Crippen LogP contribution in [0.2, 0.25) is 10.0 Å². The SMILES string of the molecule is CC1CCC(Nc2cc(Cl)c(OC(F)F)c(Cl)c2)CC1. The highest BCUT2D eigenvalue weighted by atomic mass is 35.5. The molecule has 0 bridgehead atoms. The van der Waals surface area contributed by atoms with E-state index in [4.69, 9.17) is 23.2 Å². The second-order valence-electron chi connectivity index (χ2n) is 5.25. The van der Waals surface area contributed by atoms with Gasteiger partial charge in [0, 0.05) is 11.7 Å². The van der Waals surface area contributed by atoms with Crippen LogP contribution in [0.25, 0.3) is 0 Å². The van der Waals surface area contributed by atoms with E-state index >= 15 is 0 Å². The van der Waals surface area contributed by atoms with Crippen LogP contribution in [0.1, 0.15) is 32.6 Å². The van der Waals surface area contributed by atoms with E-state index in [0.717, 1.165) is 24.4 Å². The van der Waals surface area contributed by atoms with Crippen LogP contribution in [-0.2, 0) is 0 Å². The topological polar surface area (TPSA) is 21.3 Å². The summed E-state index contributed by atoms with van der Waals surface area (Å²) in [6.07, 6.45) is 4.55. The zero-order valence-electron chi connectivity index (χ0n) is 11.1. The maximum absolute atomic E-state index is 12.2. The standard InChI is InChI=1S/C14H17Cl2F2NO/c1-8-2-4-9(5-3-8)19-10-6-11(15)13(12(16)7-10)20-14(17)18/h6-9,14,19H,2-5H2,1H3. The molecule has 0 amide bonds. The van der Waals surface area contributed by atoms with Crippen LogP contribution in [0, 0.1) is 5.92 Å². The third-order valence-corrected chi connectivity index (χ3v) is 4.15. The van der Waals surface area contributed by atoms with Crippen molar-refractivity contribution < 1.29 is 13.5 Å². The Morgan fingerprint density at radius 3 is 2.20 bits per heavy atom. The summed E-state index contributed by atoms with van der Waals surface area (Å²) in [6.45, 7) is -0.691. The molecule has 1 aliphatic rings. The van der Waals surface area contributed by atoms with E-state index in [0.29, 0.717) is 6.04 Å². The third-order valence-electron chi connectivity index (χ3n) is 3.59. The van der Waals surface area contributed by atoms with E-state index in [-0.39, 0.29) is 15.8 Å². The molecular weight excluding hydrogens is 307 g/mol. The molecule has 0 atom stereocenters. The Hall–Kier alpha value is -0.740. The minimum absolute atomic E-state index is 0.0875. The summed E-state index contributed by atoms with van der Waals surface area (Å²) in [5, 5.41) is 3.53. The summed E-state index contributed by atoms with van der Waals surface area (Å²) >= 11 is 11.9. The van der Waals surface area contributed by atoms with E-state index in [9.17, 15) is 8.78 Å². The van der Waals surface area contributed by atoms with E-state index in [1.54, 1.807) is 12.1 Å². The van der Waals surface area contributed by atoms with Gasteiger partial charge >= 0.3 is 6.61 Å². The van der Waals surface area contributed by atoms with Gasteiger partial charge in [0.05, 0.1) is 10.0 Å². The van der Waals surface area contributed by atoms with Gasteiger partial charge in [-0.3, -0.25) is 0 Å². The summed E-state index contributed by atoms with van der Waals surface area (Å²) < 4.78 is 28.8. The van der Waals surface area contributed by atoms with Crippen LogP contribution in [0.15, 0.2) is 12.1 Å². The Morgan fingerprint density at radius 2 is 1.70 bits per heavy atom. The molecule has 1 aromatic rings. The van der Waals surface area contributed by atoms with Crippen molar-refractivity contribution in [3.05, 3.63) is 22.2 Å². The number of nitrogens with one attached hydrogen (secondary N) is 1. The van der Waals surface area contributed by atoms with Gasteiger partial charge in [-0.15, -0.1) is 0 Å². The molecule has 0 heterocycles. The van der Waals surface area contributed by atoms with E-state index in [2.05, 4.69) is 17.0 Å². The maximum Gasteiger partial charge on any atom is 0.387 e. The third kappa shape index (κ3) is 4.13. The van der Waals surface area contributed by atoms with Crippen LogP contribution in [0.5, 0.6) is 5.75 Å². The lowest BCUT2D eigenvalue weighted by Crippen LogP contribution is -2.25. The van der Waals surface area contributed by atoms with Crippen molar-refractivity contribution >= 4 is 28.9 Å². The molecule has 6 heteroatoms. The van der Waals surface area contributed by atoms with Crippen LogP contribution in [0.4, 0.5) is 14.5 Å². The average molecular weight is 324 g/mol. The number of hydrogen-bond acceptors (Lipinski definition) is 2. The first-order chi connectivity index (χ1) is 9.45. The molecule has 0 aromatic heterocycles. The number of hydrogen-bond donors (Lipinski definition) is 1. The van der Waals surface area contributed by atoms with Crippen molar-refractivity contribution in [3.8, 4) is 5.75 Å². The molecule has 0 saturated heterocycles. The minimum Gasteiger partial charge on any atom is -0.432 e. The molecule has 0 unspecified atom stereocenters. The molecule has 1 N–H and O–H groups in total. The first-order valence-corrected chi connectivity index (χ1v) is 7.41. The molecule has 0 radical (unpaired) electrons. The van der Waals surface area contributed by atoms with Gasteiger partial charge in [-0.25, -0.2) is 0 Å². The first kappa shape index (κ1) is 15.6. The lowest BCUT2D eigenvalue weighted by Gasteiger charge is -2.28. The summed E-state index contributed by atoms with van der Waals surface area (Å²) in [7, 11) is 0. The smallest absolute Gasteiger partial charge is 0.387 e. The molecular formula is C14H17Cl2F2NO. The zero-order valence-corrected chi connectivity index (χ0v) is 12.6. The lowest BCUT2D eigenvalue weighted by molar-refractivity contribution is -0.0497. The monoisotopic (exact) mass is 323 g/mol. The first-order valence-electron chi connectivity index (χ1n) is 6.66. The van der Waals surface area contributed by atoms with E-state index in [1.807, 2.05) is 0 Å². The van der Waals surface area contributed by atoms with Crippen molar-refractivity contribution in [2.45, 2.75) is 45.3 Å². The van der Waals surface area contributed by atoms with Gasteiger partial charge in [-0.2, -0.15) is 8.78 Å². The van der Waals surface area contributed by atoms with Crippen molar-refractivity contribution in [3.63, 3.8) is 0 Å². The molecule has 0 spiro atoms. The van der Waals surface area contributed by atoms with Crippen LogP contribution in [0.3, 0.4) is 0 Å². The Morgan fingerprint density at radius 1 is 1.15 bits per heavy atom. The second-order valence-corrected chi connectivity index (χ2v) is 6.06. The zero-order chi connectivity index (χ0) is 14.7. The maximum atomic E-state index is 12.2. The molecule has 2 nitrogen and oxygen atoms in total. The molecule has 20 heavy (non-hydrogen) atoms. The number of rotatable bonds is 4. The van der Waals surface area contributed by atoms with Crippen molar-refractivity contribution in [2.75, 3.05) is 5.32 Å². The summed E-state index contributed by atoms with van der Waals surface area (Å²) in [4.78, 5) is 0. The summed E-state index contributed by atoms with van der Waals surface area (Å²) in [5.74, 6) is 0.591. The van der Waals surface area contributed by atoms with Crippen molar-refractivity contribution in [2.24, 2.45) is 5.92 Å². The van der Waals surface area contributed by atoms with Gasteiger partial charge < -0.3 is 10.1 Å². The number of ether oxygens (including phenoxy) is 1. The highest BCUT2D eigenvalue weighted by Gasteiger charge is 2.19. The Labute approximate surface area is 127 Å². The predicted molar refractivity (Wildman–Crippen MR) is 78.1 cm³/mol. The number of halogens is 4. The highest BCUT2D eigenvalue weighted by molar-refractivity contribution is 6.37. The fraction of sp³-hybridized carbons (Fsp3) is 0.571. The summed E-state index contributed by atoms with van der Waals surface area (Å²) in [5.41, 5.74) is 0.737.